The Labute approximate surface area is 114 Å². The van der Waals surface area contributed by atoms with Crippen LogP contribution in [0.1, 0.15) is 6.42 Å². The number of aliphatic hydroxyl groups excluding tert-OH is 1. The van der Waals surface area contributed by atoms with Gasteiger partial charge in [0.15, 0.2) is 5.96 Å². The molecular weight excluding hydrogens is 266 g/mol. The molecule has 0 bridgehead atoms. The maximum absolute atomic E-state index is 10.8. The molecule has 10 nitrogen and oxygen atoms in total. The lowest BCUT2D eigenvalue weighted by Crippen LogP contribution is -2.74. The fourth-order valence-corrected chi connectivity index (χ4v) is 3.27. The van der Waals surface area contributed by atoms with E-state index in [0.717, 1.165) is 0 Å². The first-order chi connectivity index (χ1) is 9.45. The zero-order valence-corrected chi connectivity index (χ0v) is 10.7. The molecule has 20 heavy (non-hydrogen) atoms. The highest BCUT2D eigenvalue weighted by Gasteiger charge is 2.64. The van der Waals surface area contributed by atoms with Gasteiger partial charge in [-0.05, 0) is 0 Å². The molecule has 9 N–H and O–H groups in total. The van der Waals surface area contributed by atoms with E-state index < -0.39 is 29.9 Å². The number of ether oxygens (including phenoxy) is 1. The van der Waals surface area contributed by atoms with E-state index in [2.05, 4.69) is 15.6 Å². The molecular formula is C10H18N7O3+. The lowest BCUT2D eigenvalue weighted by atomic mass is 9.89. The summed E-state index contributed by atoms with van der Waals surface area (Å²) in [4.78, 5) is 15.1. The summed E-state index contributed by atoms with van der Waals surface area (Å²) in [6.45, 7) is 0.567. The molecule has 4 atom stereocenters. The first-order valence-corrected chi connectivity index (χ1v) is 6.33. The molecule has 0 aromatic carbocycles. The van der Waals surface area contributed by atoms with Crippen LogP contribution in [0.3, 0.4) is 0 Å². The van der Waals surface area contributed by atoms with Crippen molar-refractivity contribution in [3.05, 3.63) is 0 Å². The minimum atomic E-state index is -0.884. The van der Waals surface area contributed by atoms with Crippen molar-refractivity contribution in [2.24, 2.45) is 22.2 Å². The third kappa shape index (κ3) is 1.57. The Kier molecular flexibility index (Phi) is 2.64. The summed E-state index contributed by atoms with van der Waals surface area (Å²) >= 11 is 0. The molecule has 1 spiro atoms. The Balaban J connectivity index is 1.96. The first-order valence-electron chi connectivity index (χ1n) is 6.33. The van der Waals surface area contributed by atoms with Crippen LogP contribution in [0.5, 0.6) is 0 Å². The number of nitrogens with zero attached hydrogens (tertiary/aromatic N) is 2. The van der Waals surface area contributed by atoms with Gasteiger partial charge in [-0.15, -0.1) is 0 Å². The smallest absolute Gasteiger partial charge is 0.404 e. The monoisotopic (exact) mass is 284 g/mol. The number of carbonyl (C=O) groups excluding carboxylic acids is 1. The number of aliphatic hydroxyl groups is 1. The molecule has 3 aliphatic heterocycles. The van der Waals surface area contributed by atoms with Gasteiger partial charge in [-0.2, -0.15) is 0 Å². The molecule has 110 valence electrons. The minimum absolute atomic E-state index is 0.0124. The summed E-state index contributed by atoms with van der Waals surface area (Å²) in [7, 11) is 0. The zero-order valence-electron chi connectivity index (χ0n) is 10.7. The number of amides is 1. The zero-order chi connectivity index (χ0) is 14.5. The summed E-state index contributed by atoms with van der Waals surface area (Å²) < 4.78 is 6.63. The first kappa shape index (κ1) is 12.8. The second-order valence-corrected chi connectivity index (χ2v) is 5.13. The maximum Gasteiger partial charge on any atom is 0.404 e. The van der Waals surface area contributed by atoms with Crippen molar-refractivity contribution in [2.45, 2.75) is 30.3 Å². The highest BCUT2D eigenvalue weighted by Crippen LogP contribution is 2.35. The predicted octanol–water partition coefficient (Wildman–Crippen LogP) is -3.87. The van der Waals surface area contributed by atoms with E-state index in [0.29, 0.717) is 18.9 Å². The van der Waals surface area contributed by atoms with Crippen LogP contribution in [0.15, 0.2) is 4.99 Å². The molecule has 0 aromatic heterocycles. The normalized spacial score (nSPS) is 38.5. The van der Waals surface area contributed by atoms with Crippen LogP contribution < -0.4 is 27.8 Å². The molecule has 0 unspecified atom stereocenters. The molecule has 0 aromatic rings. The summed E-state index contributed by atoms with van der Waals surface area (Å²) in [5.41, 5.74) is 15.8. The Morgan fingerprint density at radius 2 is 2.35 bits per heavy atom. The van der Waals surface area contributed by atoms with Crippen LogP contribution in [0.4, 0.5) is 4.79 Å². The number of guanidine groups is 2. The molecule has 3 aliphatic rings. The van der Waals surface area contributed by atoms with Crippen molar-refractivity contribution in [1.82, 2.24) is 10.6 Å². The molecule has 0 aliphatic carbocycles. The average molecular weight is 284 g/mol. The Hall–Kier alpha value is -2.23. The van der Waals surface area contributed by atoms with Crippen molar-refractivity contribution < 1.29 is 19.2 Å². The number of rotatable bonds is 2. The summed E-state index contributed by atoms with van der Waals surface area (Å²) in [5.74, 6) is 0.606. The Morgan fingerprint density at radius 1 is 1.60 bits per heavy atom. The van der Waals surface area contributed by atoms with Crippen molar-refractivity contribution in [1.29, 1.82) is 0 Å². The van der Waals surface area contributed by atoms with E-state index in [1.54, 1.807) is 0 Å². The molecule has 1 saturated heterocycles. The SMILES string of the molecule is NC(=O)OC[C@@H]1NC(N)=[N+]2CC[C@@H](O)[C@@]23NC(N)=N[C@@H]13. The van der Waals surface area contributed by atoms with Crippen LogP contribution in [-0.2, 0) is 4.74 Å². The van der Waals surface area contributed by atoms with Gasteiger partial charge in [-0.25, -0.2) is 14.4 Å². The van der Waals surface area contributed by atoms with Crippen LogP contribution in [0.25, 0.3) is 0 Å². The standard InChI is InChI=1S/C10H17N7O3/c11-7-15-6-4(3-20-9(13)19)14-8(12)17-2-1-5(18)10(6,17)16-7/h4-6,18H,1-3H2,(H7,11,12,13,14,15,16,19)/p+1/t4-,5+,6-,10+/m0/s1. The van der Waals surface area contributed by atoms with Crippen molar-refractivity contribution >= 4 is 18.0 Å². The maximum atomic E-state index is 10.8. The number of nitrogens with two attached hydrogens (primary N) is 3. The molecule has 1 fully saturated rings. The number of hydrogen-bond donors (Lipinski definition) is 6. The van der Waals surface area contributed by atoms with Gasteiger partial charge in [0.05, 0.1) is 6.54 Å². The summed E-state index contributed by atoms with van der Waals surface area (Å²) in [5, 5.41) is 16.4. The van der Waals surface area contributed by atoms with Crippen molar-refractivity contribution in [3.63, 3.8) is 0 Å². The lowest BCUT2D eigenvalue weighted by Gasteiger charge is -2.39. The van der Waals surface area contributed by atoms with Gasteiger partial charge in [0, 0.05) is 6.42 Å². The van der Waals surface area contributed by atoms with Crippen LogP contribution in [0.2, 0.25) is 0 Å². The molecule has 0 radical (unpaired) electrons. The number of nitrogens with one attached hydrogen (secondary N) is 2. The van der Waals surface area contributed by atoms with E-state index in [-0.39, 0.29) is 12.6 Å². The highest BCUT2D eigenvalue weighted by atomic mass is 16.5. The predicted molar refractivity (Wildman–Crippen MR) is 68.7 cm³/mol. The highest BCUT2D eigenvalue weighted by molar-refractivity contribution is 5.83. The fraction of sp³-hybridized carbons (Fsp3) is 0.700. The molecule has 3 heterocycles. The van der Waals surface area contributed by atoms with Crippen LogP contribution in [-0.4, -0.2) is 64.7 Å². The van der Waals surface area contributed by atoms with Gasteiger partial charge in [-0.3, -0.25) is 11.1 Å². The van der Waals surface area contributed by atoms with E-state index in [1.165, 1.54) is 0 Å². The lowest BCUT2D eigenvalue weighted by molar-refractivity contribution is -0.607. The quantitative estimate of drug-likeness (QED) is 0.282. The molecule has 1 amide bonds. The van der Waals surface area contributed by atoms with E-state index in [4.69, 9.17) is 21.9 Å². The topological polar surface area (TPSA) is 164 Å². The van der Waals surface area contributed by atoms with Gasteiger partial charge >= 0.3 is 12.1 Å². The molecule has 10 heteroatoms. The average Bonchev–Trinajstić information content (AvgIpc) is 2.88. The number of aliphatic imine (C=N–C) groups is 1. The second-order valence-electron chi connectivity index (χ2n) is 5.13. The van der Waals surface area contributed by atoms with Gasteiger partial charge in [0.2, 0.25) is 5.66 Å². The molecule has 3 rings (SSSR count). The third-order valence-corrected chi connectivity index (χ3v) is 4.05. The Morgan fingerprint density at radius 3 is 3.05 bits per heavy atom. The third-order valence-electron chi connectivity index (χ3n) is 4.05. The number of carbonyl (C=O) groups is 1. The largest absolute Gasteiger partial charge is 0.446 e. The van der Waals surface area contributed by atoms with Gasteiger partial charge in [0.1, 0.15) is 24.8 Å². The molecule has 0 saturated carbocycles. The van der Waals surface area contributed by atoms with Gasteiger partial charge < -0.3 is 26.6 Å². The number of primary amides is 1. The van der Waals surface area contributed by atoms with Crippen LogP contribution >= 0.6 is 0 Å². The van der Waals surface area contributed by atoms with Crippen molar-refractivity contribution in [3.8, 4) is 0 Å². The summed E-state index contributed by atoms with van der Waals surface area (Å²) in [6.07, 6.45) is -1.02. The Bertz CT molecular complexity index is 519. The number of hydrogen-bond acceptors (Lipinski definition) is 8. The van der Waals surface area contributed by atoms with Gasteiger partial charge in [0.25, 0.3) is 0 Å². The fourth-order valence-electron chi connectivity index (χ4n) is 3.27. The van der Waals surface area contributed by atoms with Gasteiger partial charge in [-0.1, -0.05) is 0 Å². The second kappa shape index (κ2) is 4.13. The minimum Gasteiger partial charge on any atom is -0.446 e. The van der Waals surface area contributed by atoms with E-state index in [9.17, 15) is 9.90 Å². The van der Waals surface area contributed by atoms with Crippen LogP contribution in [0, 0.1) is 0 Å². The van der Waals surface area contributed by atoms with E-state index >= 15 is 0 Å². The van der Waals surface area contributed by atoms with E-state index in [1.807, 2.05) is 4.58 Å². The van der Waals surface area contributed by atoms with Crippen molar-refractivity contribution in [2.75, 3.05) is 13.2 Å². The summed E-state index contributed by atoms with van der Waals surface area (Å²) in [6, 6.07) is -0.855.